The first-order valence-electron chi connectivity index (χ1n) is 11.9. The van der Waals surface area contributed by atoms with Crippen LogP contribution in [0, 0.1) is 25.1 Å². The standard InChI is InChI=1S/C31H29FNO/c1-18-6-13-26(33(5)17-18)27-19(2)7-10-23-24-11-12-25(32)28(30(24)34-29(23)27)20-8-9-21-15-31(3,4)16-22(21)14-20/h6-14,17H,15-16H2,1-5H3/q+1. The van der Waals surface area contributed by atoms with Crippen LogP contribution in [0.3, 0.4) is 0 Å². The maximum atomic E-state index is 15.4. The van der Waals surface area contributed by atoms with Gasteiger partial charge in [0.15, 0.2) is 6.20 Å². The number of pyridine rings is 1. The number of benzene rings is 3. The highest BCUT2D eigenvalue weighted by molar-refractivity contribution is 6.13. The van der Waals surface area contributed by atoms with Crippen molar-refractivity contribution in [3.63, 3.8) is 0 Å². The molecule has 0 N–H and O–H groups in total. The van der Waals surface area contributed by atoms with Gasteiger partial charge < -0.3 is 4.42 Å². The normalized spacial score (nSPS) is 14.8. The second-order valence-corrected chi connectivity index (χ2v) is 10.7. The van der Waals surface area contributed by atoms with Crippen LogP contribution < -0.4 is 4.57 Å². The van der Waals surface area contributed by atoms with Gasteiger partial charge in [0.1, 0.15) is 24.0 Å². The molecule has 0 bridgehead atoms. The Bertz CT molecular complexity index is 1620. The first-order valence-corrected chi connectivity index (χ1v) is 11.9. The van der Waals surface area contributed by atoms with Crippen molar-refractivity contribution in [2.24, 2.45) is 12.5 Å². The van der Waals surface area contributed by atoms with Gasteiger partial charge in [-0.1, -0.05) is 44.2 Å². The number of rotatable bonds is 2. The summed E-state index contributed by atoms with van der Waals surface area (Å²) in [5.74, 6) is -0.247. The lowest BCUT2D eigenvalue weighted by molar-refractivity contribution is -0.660. The maximum Gasteiger partial charge on any atom is 0.216 e. The zero-order valence-corrected chi connectivity index (χ0v) is 20.4. The summed E-state index contributed by atoms with van der Waals surface area (Å²) in [5, 5.41) is 1.96. The van der Waals surface area contributed by atoms with Crippen LogP contribution in [0.1, 0.15) is 36.1 Å². The van der Waals surface area contributed by atoms with Gasteiger partial charge in [0.25, 0.3) is 0 Å². The van der Waals surface area contributed by atoms with Crippen molar-refractivity contribution in [1.82, 2.24) is 0 Å². The number of halogens is 1. The van der Waals surface area contributed by atoms with E-state index in [4.69, 9.17) is 4.42 Å². The van der Waals surface area contributed by atoms with E-state index in [2.05, 4.69) is 88.0 Å². The Morgan fingerprint density at radius 1 is 0.824 bits per heavy atom. The molecule has 0 atom stereocenters. The van der Waals surface area contributed by atoms with Gasteiger partial charge in [-0.05, 0) is 72.6 Å². The fraction of sp³-hybridized carbons (Fsp3) is 0.258. The second kappa shape index (κ2) is 7.27. The minimum atomic E-state index is -0.247. The van der Waals surface area contributed by atoms with E-state index in [1.54, 1.807) is 6.07 Å². The zero-order chi connectivity index (χ0) is 23.8. The average molecular weight is 451 g/mol. The highest BCUT2D eigenvalue weighted by Crippen LogP contribution is 2.43. The van der Waals surface area contributed by atoms with Gasteiger partial charge in [-0.25, -0.2) is 8.96 Å². The van der Waals surface area contributed by atoms with E-state index in [-0.39, 0.29) is 11.2 Å². The van der Waals surface area contributed by atoms with Crippen LogP contribution in [0.2, 0.25) is 0 Å². The van der Waals surface area contributed by atoms with E-state index in [1.807, 2.05) is 6.07 Å². The molecule has 1 aliphatic rings. The Kier molecular flexibility index (Phi) is 4.51. The number of nitrogens with zero attached hydrogens (tertiary/aromatic N) is 1. The molecule has 3 heteroatoms. The number of hydrogen-bond acceptors (Lipinski definition) is 1. The van der Waals surface area contributed by atoms with E-state index < -0.39 is 0 Å². The van der Waals surface area contributed by atoms with Gasteiger partial charge in [0.2, 0.25) is 5.69 Å². The number of fused-ring (bicyclic) bond motifs is 4. The molecule has 2 heterocycles. The van der Waals surface area contributed by atoms with E-state index in [1.165, 1.54) is 16.7 Å². The third-order valence-electron chi connectivity index (χ3n) is 7.34. The highest BCUT2D eigenvalue weighted by atomic mass is 19.1. The Labute approximate surface area is 199 Å². The summed E-state index contributed by atoms with van der Waals surface area (Å²) in [6.45, 7) is 8.78. The van der Waals surface area contributed by atoms with Crippen LogP contribution in [0.25, 0.3) is 44.3 Å². The molecule has 0 saturated carbocycles. The molecule has 0 saturated heterocycles. The van der Waals surface area contributed by atoms with Crippen LogP contribution in [0.5, 0.6) is 0 Å². The zero-order valence-electron chi connectivity index (χ0n) is 20.4. The predicted molar refractivity (Wildman–Crippen MR) is 136 cm³/mol. The van der Waals surface area contributed by atoms with Crippen LogP contribution in [0.4, 0.5) is 4.39 Å². The van der Waals surface area contributed by atoms with Crippen molar-refractivity contribution in [2.45, 2.75) is 40.5 Å². The number of hydrogen-bond donors (Lipinski definition) is 0. The summed E-state index contributed by atoms with van der Waals surface area (Å²) >= 11 is 0. The second-order valence-electron chi connectivity index (χ2n) is 10.7. The number of furan rings is 1. The van der Waals surface area contributed by atoms with E-state index in [0.717, 1.165) is 51.6 Å². The van der Waals surface area contributed by atoms with Gasteiger partial charge >= 0.3 is 0 Å². The molecule has 0 spiro atoms. The van der Waals surface area contributed by atoms with Crippen molar-refractivity contribution in [3.05, 3.63) is 88.9 Å². The highest BCUT2D eigenvalue weighted by Gasteiger charge is 2.29. The third kappa shape index (κ3) is 3.18. The van der Waals surface area contributed by atoms with E-state index in [9.17, 15) is 0 Å². The fourth-order valence-corrected chi connectivity index (χ4v) is 5.78. The van der Waals surface area contributed by atoms with Gasteiger partial charge in [0, 0.05) is 22.4 Å². The van der Waals surface area contributed by atoms with Gasteiger partial charge in [-0.2, -0.15) is 0 Å². The first-order chi connectivity index (χ1) is 16.2. The quantitative estimate of drug-likeness (QED) is 0.253. The SMILES string of the molecule is Cc1ccc(-c2c(C)ccc3c2oc2c(-c4ccc5c(c4)CC(C)(C)C5)c(F)ccc23)[n+](C)c1. The number of aryl methyl sites for hydroxylation is 3. The smallest absolute Gasteiger partial charge is 0.216 e. The summed E-state index contributed by atoms with van der Waals surface area (Å²) in [4.78, 5) is 0. The molecule has 34 heavy (non-hydrogen) atoms. The maximum absolute atomic E-state index is 15.4. The minimum Gasteiger partial charge on any atom is -0.454 e. The Hall–Kier alpha value is -3.46. The third-order valence-corrected chi connectivity index (χ3v) is 7.34. The fourth-order valence-electron chi connectivity index (χ4n) is 5.78. The molecule has 0 fully saturated rings. The van der Waals surface area contributed by atoms with Crippen LogP contribution >= 0.6 is 0 Å². The van der Waals surface area contributed by atoms with Gasteiger partial charge in [-0.3, -0.25) is 0 Å². The van der Waals surface area contributed by atoms with Gasteiger partial charge in [-0.15, -0.1) is 0 Å². The Morgan fingerprint density at radius 2 is 1.53 bits per heavy atom. The lowest BCUT2D eigenvalue weighted by Gasteiger charge is -2.14. The predicted octanol–water partition coefficient (Wildman–Crippen LogP) is 7.63. The van der Waals surface area contributed by atoms with Crippen LogP contribution in [-0.4, -0.2) is 0 Å². The van der Waals surface area contributed by atoms with Crippen LogP contribution in [-0.2, 0) is 19.9 Å². The van der Waals surface area contributed by atoms with Crippen molar-refractivity contribution in [1.29, 1.82) is 0 Å². The molecular formula is C31H29FNO+. The molecule has 0 unspecified atom stereocenters. The molecule has 0 aliphatic heterocycles. The molecule has 3 aromatic carbocycles. The molecule has 170 valence electrons. The van der Waals surface area contributed by atoms with Crippen molar-refractivity contribution < 1.29 is 13.4 Å². The first kappa shape index (κ1) is 21.1. The molecule has 0 radical (unpaired) electrons. The van der Waals surface area contributed by atoms with E-state index >= 15 is 4.39 Å². The molecular weight excluding hydrogens is 421 g/mol. The lowest BCUT2D eigenvalue weighted by Crippen LogP contribution is -2.31. The lowest BCUT2D eigenvalue weighted by atomic mass is 9.90. The van der Waals surface area contributed by atoms with Crippen molar-refractivity contribution in [2.75, 3.05) is 0 Å². The van der Waals surface area contributed by atoms with Crippen molar-refractivity contribution >= 4 is 21.9 Å². The van der Waals surface area contributed by atoms with E-state index in [0.29, 0.717) is 11.1 Å². The largest absolute Gasteiger partial charge is 0.454 e. The Morgan fingerprint density at radius 3 is 2.29 bits per heavy atom. The summed E-state index contributed by atoms with van der Waals surface area (Å²) in [5.41, 5.74) is 10.3. The topological polar surface area (TPSA) is 17.0 Å². The van der Waals surface area contributed by atoms with Crippen LogP contribution in [0.15, 0.2) is 65.2 Å². The molecule has 0 amide bonds. The molecule has 5 aromatic rings. The minimum absolute atomic E-state index is 0.247. The molecule has 2 nitrogen and oxygen atoms in total. The summed E-state index contributed by atoms with van der Waals surface area (Å²) in [6, 6.07) is 18.3. The summed E-state index contributed by atoms with van der Waals surface area (Å²) in [6.07, 6.45) is 4.20. The monoisotopic (exact) mass is 450 g/mol. The van der Waals surface area contributed by atoms with Gasteiger partial charge in [0.05, 0.1) is 11.1 Å². The average Bonchev–Trinajstić information content (AvgIpc) is 3.29. The molecule has 1 aliphatic carbocycles. The summed E-state index contributed by atoms with van der Waals surface area (Å²) < 4.78 is 24.1. The molecule has 2 aromatic heterocycles. The van der Waals surface area contributed by atoms with Crippen molar-refractivity contribution in [3.8, 4) is 22.4 Å². The number of aromatic nitrogens is 1. The summed E-state index contributed by atoms with van der Waals surface area (Å²) in [7, 11) is 2.06. The Balaban J connectivity index is 1.63. The molecule has 6 rings (SSSR count).